The minimum atomic E-state index is -1.21. The highest BCUT2D eigenvalue weighted by atomic mass is 28.3. The van der Waals surface area contributed by atoms with Crippen LogP contribution in [0.3, 0.4) is 0 Å². The van der Waals surface area contributed by atoms with Crippen molar-refractivity contribution in [3.63, 3.8) is 0 Å². The highest BCUT2D eigenvalue weighted by molar-refractivity contribution is 6.83. The molecule has 1 aromatic carbocycles. The molecule has 2 N–H and O–H groups in total. The summed E-state index contributed by atoms with van der Waals surface area (Å²) in [5.41, 5.74) is 6.96. The molecule has 0 fully saturated rings. The maximum atomic E-state index is 5.66. The van der Waals surface area contributed by atoms with Crippen LogP contribution in [0.5, 0.6) is 0 Å². The van der Waals surface area contributed by atoms with Crippen molar-refractivity contribution in [3.8, 4) is 0 Å². The van der Waals surface area contributed by atoms with Gasteiger partial charge in [-0.15, -0.1) is 0 Å². The summed E-state index contributed by atoms with van der Waals surface area (Å²) in [6.07, 6.45) is 3.35. The predicted molar refractivity (Wildman–Crippen MR) is 71.4 cm³/mol. The largest absolute Gasteiger partial charge is 0.330 e. The summed E-state index contributed by atoms with van der Waals surface area (Å²) in [5, 5.41) is 1.55. The maximum Gasteiger partial charge on any atom is 0.0725 e. The number of hydrogen-bond donors (Lipinski definition) is 1. The first-order valence-electron chi connectivity index (χ1n) is 5.50. The van der Waals surface area contributed by atoms with Crippen molar-refractivity contribution in [1.82, 2.24) is 0 Å². The van der Waals surface area contributed by atoms with E-state index in [1.807, 2.05) is 0 Å². The molecule has 1 rings (SSSR count). The minimum absolute atomic E-state index is 0.753. The lowest BCUT2D eigenvalue weighted by molar-refractivity contribution is 0.988. The molecular formula is C13H21NSi. The van der Waals surface area contributed by atoms with Gasteiger partial charge in [-0.05, 0) is 18.5 Å². The highest BCUT2D eigenvalue weighted by Gasteiger charge is 2.18. The van der Waals surface area contributed by atoms with E-state index in [-0.39, 0.29) is 0 Å². The quantitative estimate of drug-likeness (QED) is 0.773. The van der Waals surface area contributed by atoms with E-state index in [0.717, 1.165) is 13.0 Å². The van der Waals surface area contributed by atoms with Crippen molar-refractivity contribution in [3.05, 3.63) is 41.1 Å². The molecule has 0 aromatic heterocycles. The Bertz CT molecular complexity index is 322. The highest BCUT2D eigenvalue weighted by Crippen LogP contribution is 2.20. The van der Waals surface area contributed by atoms with Gasteiger partial charge in [-0.1, -0.05) is 61.2 Å². The van der Waals surface area contributed by atoms with Gasteiger partial charge < -0.3 is 5.73 Å². The second-order valence-electron chi connectivity index (χ2n) is 4.87. The van der Waals surface area contributed by atoms with Gasteiger partial charge in [0.25, 0.3) is 0 Å². The van der Waals surface area contributed by atoms with E-state index in [4.69, 9.17) is 5.73 Å². The third-order valence-corrected chi connectivity index (χ3v) is 4.84. The summed E-state index contributed by atoms with van der Waals surface area (Å²) in [6, 6.07) is 10.5. The van der Waals surface area contributed by atoms with Gasteiger partial charge >= 0.3 is 0 Å². The molecule has 0 amide bonds. The second kappa shape index (κ2) is 5.28. The summed E-state index contributed by atoms with van der Waals surface area (Å²) < 4.78 is 0. The van der Waals surface area contributed by atoms with Crippen molar-refractivity contribution in [2.24, 2.45) is 5.73 Å². The molecule has 0 aliphatic rings. The first kappa shape index (κ1) is 12.2. The molecule has 0 saturated carbocycles. The molecule has 0 unspecified atom stereocenters. The second-order valence-corrected chi connectivity index (χ2v) is 10.0. The van der Waals surface area contributed by atoms with Crippen LogP contribution < -0.4 is 5.73 Å². The number of nitrogens with two attached hydrogens (primary N) is 1. The number of rotatable bonds is 4. The van der Waals surface area contributed by atoms with Crippen LogP contribution in [0.4, 0.5) is 0 Å². The fourth-order valence-corrected chi connectivity index (χ4v) is 3.06. The summed E-state index contributed by atoms with van der Waals surface area (Å²) in [6.45, 7) is 7.87. The molecule has 0 spiro atoms. The average molecular weight is 219 g/mol. The lowest BCUT2D eigenvalue weighted by Gasteiger charge is -2.20. The molecule has 2 heteroatoms. The number of benzene rings is 1. The van der Waals surface area contributed by atoms with Crippen LogP contribution in [0.2, 0.25) is 19.6 Å². The third-order valence-electron chi connectivity index (χ3n) is 2.52. The first-order chi connectivity index (χ1) is 7.04. The molecule has 0 bridgehead atoms. The van der Waals surface area contributed by atoms with Gasteiger partial charge in [-0.25, -0.2) is 0 Å². The van der Waals surface area contributed by atoms with Crippen LogP contribution in [0.1, 0.15) is 12.0 Å². The lowest BCUT2D eigenvalue weighted by Crippen LogP contribution is -2.25. The van der Waals surface area contributed by atoms with Crippen LogP contribution in [0.25, 0.3) is 6.08 Å². The summed E-state index contributed by atoms with van der Waals surface area (Å²) in [7, 11) is -1.21. The maximum absolute atomic E-state index is 5.66. The van der Waals surface area contributed by atoms with E-state index in [1.54, 1.807) is 5.20 Å². The SMILES string of the molecule is C[Si](C)(C)C(=Cc1ccccc1)CCN. The topological polar surface area (TPSA) is 26.0 Å². The molecule has 1 aromatic rings. The Hall–Kier alpha value is -0.863. The first-order valence-corrected chi connectivity index (χ1v) is 9.00. The normalized spacial score (nSPS) is 12.9. The molecule has 0 aliphatic carbocycles. The Labute approximate surface area is 94.0 Å². The van der Waals surface area contributed by atoms with Gasteiger partial charge in [0.05, 0.1) is 8.07 Å². The average Bonchev–Trinajstić information content (AvgIpc) is 2.17. The summed E-state index contributed by atoms with van der Waals surface area (Å²) in [4.78, 5) is 0. The van der Waals surface area contributed by atoms with Gasteiger partial charge in [-0.3, -0.25) is 0 Å². The smallest absolute Gasteiger partial charge is 0.0725 e. The lowest BCUT2D eigenvalue weighted by atomic mass is 10.2. The van der Waals surface area contributed by atoms with E-state index in [1.165, 1.54) is 5.56 Å². The zero-order valence-corrected chi connectivity index (χ0v) is 11.0. The molecule has 0 radical (unpaired) electrons. The van der Waals surface area contributed by atoms with Crippen LogP contribution >= 0.6 is 0 Å². The monoisotopic (exact) mass is 219 g/mol. The van der Waals surface area contributed by atoms with Crippen molar-refractivity contribution < 1.29 is 0 Å². The van der Waals surface area contributed by atoms with Crippen molar-refractivity contribution in [2.75, 3.05) is 6.54 Å². The van der Waals surface area contributed by atoms with Gasteiger partial charge in [0, 0.05) is 0 Å². The van der Waals surface area contributed by atoms with Gasteiger partial charge in [0.2, 0.25) is 0 Å². The van der Waals surface area contributed by atoms with Crippen LogP contribution in [-0.2, 0) is 0 Å². The fourth-order valence-electron chi connectivity index (χ4n) is 1.57. The Morgan fingerprint density at radius 3 is 2.27 bits per heavy atom. The van der Waals surface area contributed by atoms with Crippen molar-refractivity contribution in [1.29, 1.82) is 0 Å². The van der Waals surface area contributed by atoms with E-state index in [0.29, 0.717) is 0 Å². The molecule has 0 heterocycles. The molecular weight excluding hydrogens is 198 g/mol. The van der Waals surface area contributed by atoms with Crippen LogP contribution in [-0.4, -0.2) is 14.6 Å². The molecule has 0 aliphatic heterocycles. The standard InChI is InChI=1S/C13H21NSi/c1-15(2,3)13(9-10-14)11-12-7-5-4-6-8-12/h4-8,11H,9-10,14H2,1-3H3. The Kier molecular flexibility index (Phi) is 4.30. The molecule has 82 valence electrons. The van der Waals surface area contributed by atoms with Gasteiger partial charge in [0.15, 0.2) is 0 Å². The van der Waals surface area contributed by atoms with Crippen molar-refractivity contribution in [2.45, 2.75) is 26.1 Å². The van der Waals surface area contributed by atoms with Crippen molar-refractivity contribution >= 4 is 14.1 Å². The molecule has 1 nitrogen and oxygen atoms in total. The van der Waals surface area contributed by atoms with E-state index >= 15 is 0 Å². The zero-order valence-electron chi connectivity index (χ0n) is 9.96. The molecule has 0 saturated heterocycles. The zero-order chi connectivity index (χ0) is 11.3. The van der Waals surface area contributed by atoms with Gasteiger partial charge in [-0.2, -0.15) is 0 Å². The Morgan fingerprint density at radius 1 is 1.20 bits per heavy atom. The Balaban J connectivity index is 2.94. The van der Waals surface area contributed by atoms with Gasteiger partial charge in [0.1, 0.15) is 0 Å². The van der Waals surface area contributed by atoms with E-state index < -0.39 is 8.07 Å². The Morgan fingerprint density at radius 2 is 1.80 bits per heavy atom. The minimum Gasteiger partial charge on any atom is -0.330 e. The third kappa shape index (κ3) is 4.02. The fraction of sp³-hybridized carbons (Fsp3) is 0.385. The molecule has 0 atom stereocenters. The summed E-state index contributed by atoms with van der Waals surface area (Å²) >= 11 is 0. The molecule has 15 heavy (non-hydrogen) atoms. The van der Waals surface area contributed by atoms with E-state index in [9.17, 15) is 0 Å². The van der Waals surface area contributed by atoms with E-state index in [2.05, 4.69) is 56.0 Å². The van der Waals surface area contributed by atoms with Crippen LogP contribution in [0.15, 0.2) is 35.5 Å². The predicted octanol–water partition coefficient (Wildman–Crippen LogP) is 3.30. The number of hydrogen-bond acceptors (Lipinski definition) is 1. The summed E-state index contributed by atoms with van der Waals surface area (Å²) in [5.74, 6) is 0. The van der Waals surface area contributed by atoms with Crippen LogP contribution in [0, 0.1) is 0 Å².